The van der Waals surface area contributed by atoms with Crippen LogP contribution in [-0.4, -0.2) is 22.4 Å². The van der Waals surface area contributed by atoms with Gasteiger partial charge in [-0.2, -0.15) is 0 Å². The first-order valence-corrected chi connectivity index (χ1v) is 9.20. The lowest BCUT2D eigenvalue weighted by atomic mass is 9.40. The van der Waals surface area contributed by atoms with Crippen molar-refractivity contribution < 1.29 is 10.2 Å². The monoisotopic (exact) mass is 304 g/mol. The predicted molar refractivity (Wildman–Crippen MR) is 88.3 cm³/mol. The van der Waals surface area contributed by atoms with Crippen molar-refractivity contribution in [2.45, 2.75) is 78.4 Å². The molecule has 3 saturated carbocycles. The van der Waals surface area contributed by atoms with E-state index in [9.17, 15) is 10.2 Å². The standard InChI is InChI=1S/C20H32O2/c1-17(2)14-6-8-20-10-9-18(3,12-20)7-5-15(20)19(14,4)11-13(21)16(17)22/h9-10,13-16,21-22H,5-8,11-12H2,1-4H3/t13-,14?,15-,16+,18+,19+,20-/m0/s1. The van der Waals surface area contributed by atoms with E-state index in [-0.39, 0.29) is 10.8 Å². The molecule has 2 heteroatoms. The van der Waals surface area contributed by atoms with Crippen molar-refractivity contribution in [1.29, 1.82) is 0 Å². The number of rotatable bonds is 0. The molecule has 1 unspecified atom stereocenters. The van der Waals surface area contributed by atoms with Crippen molar-refractivity contribution in [3.05, 3.63) is 12.2 Å². The number of allylic oxidation sites excluding steroid dienone is 2. The van der Waals surface area contributed by atoms with Crippen LogP contribution in [-0.2, 0) is 0 Å². The van der Waals surface area contributed by atoms with Gasteiger partial charge in [0.15, 0.2) is 0 Å². The van der Waals surface area contributed by atoms with E-state index in [4.69, 9.17) is 0 Å². The summed E-state index contributed by atoms with van der Waals surface area (Å²) in [4.78, 5) is 0. The predicted octanol–water partition coefficient (Wildman–Crippen LogP) is 3.92. The number of aliphatic hydroxyl groups excluding tert-OH is 2. The maximum absolute atomic E-state index is 10.6. The van der Waals surface area contributed by atoms with Gasteiger partial charge in [0.1, 0.15) is 0 Å². The second-order valence-electron chi connectivity index (χ2n) is 10.1. The molecule has 0 aromatic rings. The minimum absolute atomic E-state index is 0.163. The molecule has 7 atom stereocenters. The van der Waals surface area contributed by atoms with Crippen LogP contribution in [0.3, 0.4) is 0 Å². The molecule has 4 aliphatic carbocycles. The van der Waals surface area contributed by atoms with E-state index in [1.165, 1.54) is 32.1 Å². The molecular weight excluding hydrogens is 272 g/mol. The summed E-state index contributed by atoms with van der Waals surface area (Å²) in [7, 11) is 0. The van der Waals surface area contributed by atoms with Gasteiger partial charge < -0.3 is 10.2 Å². The Morgan fingerprint density at radius 2 is 1.59 bits per heavy atom. The van der Waals surface area contributed by atoms with Crippen LogP contribution in [0.5, 0.6) is 0 Å². The Morgan fingerprint density at radius 1 is 0.909 bits per heavy atom. The molecule has 0 aliphatic heterocycles. The lowest BCUT2D eigenvalue weighted by molar-refractivity contribution is -0.214. The molecular formula is C20H32O2. The summed E-state index contributed by atoms with van der Waals surface area (Å²) in [6.45, 7) is 9.21. The van der Waals surface area contributed by atoms with E-state index < -0.39 is 12.2 Å². The van der Waals surface area contributed by atoms with Crippen LogP contribution in [0.15, 0.2) is 12.2 Å². The van der Waals surface area contributed by atoms with Crippen LogP contribution in [0.2, 0.25) is 0 Å². The lowest BCUT2D eigenvalue weighted by Crippen LogP contribution is -2.63. The van der Waals surface area contributed by atoms with Crippen LogP contribution >= 0.6 is 0 Å². The van der Waals surface area contributed by atoms with Gasteiger partial charge in [0.25, 0.3) is 0 Å². The minimum atomic E-state index is -0.576. The van der Waals surface area contributed by atoms with Crippen LogP contribution in [0.1, 0.15) is 66.2 Å². The molecule has 1 spiro atoms. The van der Waals surface area contributed by atoms with Crippen molar-refractivity contribution in [3.63, 3.8) is 0 Å². The Morgan fingerprint density at radius 3 is 2.32 bits per heavy atom. The second kappa shape index (κ2) is 4.19. The molecule has 0 saturated heterocycles. The molecule has 2 nitrogen and oxygen atoms in total. The van der Waals surface area contributed by atoms with Crippen molar-refractivity contribution in [3.8, 4) is 0 Å². The van der Waals surface area contributed by atoms with Crippen molar-refractivity contribution in [2.75, 3.05) is 0 Å². The summed E-state index contributed by atoms with van der Waals surface area (Å²) >= 11 is 0. The number of fused-ring (bicyclic) bond motifs is 3. The maximum Gasteiger partial charge on any atom is 0.0852 e. The van der Waals surface area contributed by atoms with Crippen LogP contribution in [0.4, 0.5) is 0 Å². The van der Waals surface area contributed by atoms with E-state index in [0.29, 0.717) is 22.7 Å². The SMILES string of the molecule is CC1(C)C2CC[C@@]34C=C[C@@](C)(CC[C@H]3[C@]2(C)C[C@H](O)[C@H]1O)C4. The molecule has 0 aromatic carbocycles. The molecule has 4 aliphatic rings. The topological polar surface area (TPSA) is 40.5 Å². The highest BCUT2D eigenvalue weighted by Gasteiger charge is 2.65. The van der Waals surface area contributed by atoms with Gasteiger partial charge in [0.05, 0.1) is 12.2 Å². The summed E-state index contributed by atoms with van der Waals surface area (Å²) in [5, 5.41) is 21.1. The smallest absolute Gasteiger partial charge is 0.0852 e. The molecule has 2 N–H and O–H groups in total. The molecule has 3 fully saturated rings. The van der Waals surface area contributed by atoms with Gasteiger partial charge in [-0.3, -0.25) is 0 Å². The van der Waals surface area contributed by atoms with E-state index >= 15 is 0 Å². The van der Waals surface area contributed by atoms with E-state index in [1.54, 1.807) is 0 Å². The number of hydrogen-bond donors (Lipinski definition) is 2. The summed E-state index contributed by atoms with van der Waals surface area (Å²) in [6.07, 6.45) is 11.0. The molecule has 124 valence electrons. The minimum Gasteiger partial charge on any atom is -0.390 e. The van der Waals surface area contributed by atoms with Gasteiger partial charge in [-0.05, 0) is 72.0 Å². The zero-order valence-electron chi connectivity index (χ0n) is 14.6. The van der Waals surface area contributed by atoms with Crippen molar-refractivity contribution >= 4 is 0 Å². The Balaban J connectivity index is 1.76. The third-order valence-corrected chi connectivity index (χ3v) is 8.41. The largest absolute Gasteiger partial charge is 0.390 e. The zero-order valence-corrected chi connectivity index (χ0v) is 14.6. The maximum atomic E-state index is 10.6. The molecule has 0 aromatic heterocycles. The Labute approximate surface area is 135 Å². The highest BCUT2D eigenvalue weighted by atomic mass is 16.3. The highest BCUT2D eigenvalue weighted by molar-refractivity contribution is 5.25. The summed E-state index contributed by atoms with van der Waals surface area (Å²) < 4.78 is 0. The molecule has 2 bridgehead atoms. The van der Waals surface area contributed by atoms with Crippen LogP contribution < -0.4 is 0 Å². The van der Waals surface area contributed by atoms with E-state index in [2.05, 4.69) is 39.8 Å². The van der Waals surface area contributed by atoms with E-state index in [1.807, 2.05) is 0 Å². The van der Waals surface area contributed by atoms with Gasteiger partial charge in [0.2, 0.25) is 0 Å². The van der Waals surface area contributed by atoms with E-state index in [0.717, 1.165) is 6.42 Å². The third-order valence-electron chi connectivity index (χ3n) is 8.41. The fourth-order valence-corrected chi connectivity index (χ4v) is 7.50. The second-order valence-corrected chi connectivity index (χ2v) is 10.1. The molecule has 22 heavy (non-hydrogen) atoms. The normalized spacial score (nSPS) is 59.0. The summed E-state index contributed by atoms with van der Waals surface area (Å²) in [6, 6.07) is 0. The Hall–Kier alpha value is -0.340. The molecule has 0 heterocycles. The van der Waals surface area contributed by atoms with Gasteiger partial charge in [-0.15, -0.1) is 0 Å². The van der Waals surface area contributed by atoms with Crippen molar-refractivity contribution in [2.24, 2.45) is 33.5 Å². The van der Waals surface area contributed by atoms with Crippen molar-refractivity contribution in [1.82, 2.24) is 0 Å². The molecule has 4 rings (SSSR count). The van der Waals surface area contributed by atoms with Gasteiger partial charge in [-0.25, -0.2) is 0 Å². The Bertz CT molecular complexity index is 524. The van der Waals surface area contributed by atoms with Gasteiger partial charge >= 0.3 is 0 Å². The first-order chi connectivity index (χ1) is 10.1. The summed E-state index contributed by atoms with van der Waals surface area (Å²) in [5.74, 6) is 1.19. The summed E-state index contributed by atoms with van der Waals surface area (Å²) in [5.41, 5.74) is 0.770. The molecule has 0 radical (unpaired) electrons. The average molecular weight is 304 g/mol. The fraction of sp³-hybridized carbons (Fsp3) is 0.900. The first kappa shape index (κ1) is 15.2. The number of aliphatic hydroxyl groups is 2. The average Bonchev–Trinajstić information content (AvgIpc) is 2.66. The van der Waals surface area contributed by atoms with Gasteiger partial charge in [-0.1, -0.05) is 39.8 Å². The molecule has 0 amide bonds. The Kier molecular flexibility index (Phi) is 2.89. The van der Waals surface area contributed by atoms with Crippen LogP contribution in [0.25, 0.3) is 0 Å². The lowest BCUT2D eigenvalue weighted by Gasteiger charge is -2.66. The fourth-order valence-electron chi connectivity index (χ4n) is 7.50. The van der Waals surface area contributed by atoms with Gasteiger partial charge in [0, 0.05) is 0 Å². The quantitative estimate of drug-likeness (QED) is 0.666. The zero-order chi connectivity index (χ0) is 16.0. The highest BCUT2D eigenvalue weighted by Crippen LogP contribution is 2.71. The third kappa shape index (κ3) is 1.69. The van der Waals surface area contributed by atoms with Crippen LogP contribution in [0, 0.1) is 33.5 Å². The first-order valence-electron chi connectivity index (χ1n) is 9.20. The number of hydrogen-bond acceptors (Lipinski definition) is 2.